The van der Waals surface area contributed by atoms with Crippen LogP contribution >= 0.6 is 0 Å². The van der Waals surface area contributed by atoms with E-state index in [1.165, 1.54) is 23.9 Å². The Morgan fingerprint density at radius 2 is 1.89 bits per heavy atom. The topological polar surface area (TPSA) is 66.0 Å². The third kappa shape index (κ3) is 3.01. The van der Waals surface area contributed by atoms with Crippen molar-refractivity contribution in [1.82, 2.24) is 14.8 Å². The van der Waals surface area contributed by atoms with Crippen LogP contribution in [0.1, 0.15) is 30.0 Å². The Hall–Kier alpha value is -3.34. The van der Waals surface area contributed by atoms with E-state index < -0.39 is 0 Å². The maximum Gasteiger partial charge on any atom is 0.146 e. The van der Waals surface area contributed by atoms with Gasteiger partial charge in [0.15, 0.2) is 0 Å². The average molecular weight is 356 g/mol. The van der Waals surface area contributed by atoms with Crippen LogP contribution in [0.25, 0.3) is 16.6 Å². The zero-order valence-corrected chi connectivity index (χ0v) is 14.9. The molecule has 1 fully saturated rings. The van der Waals surface area contributed by atoms with Gasteiger partial charge in [0, 0.05) is 17.5 Å². The molecule has 0 amide bonds. The number of nitrogens with two attached hydrogens (primary N) is 1. The highest BCUT2D eigenvalue weighted by Gasteiger charge is 2.30. The Bertz CT molecular complexity index is 1100. The number of benzene rings is 2. The molecule has 0 bridgehead atoms. The second-order valence-electron chi connectivity index (χ2n) is 6.94. The van der Waals surface area contributed by atoms with Gasteiger partial charge in [0.2, 0.25) is 0 Å². The highest BCUT2D eigenvalue weighted by molar-refractivity contribution is 5.89. The fourth-order valence-electron chi connectivity index (χ4n) is 3.44. The Morgan fingerprint density at radius 3 is 2.67 bits per heavy atom. The van der Waals surface area contributed by atoms with Gasteiger partial charge < -0.3 is 10.5 Å². The number of pyridine rings is 1. The van der Waals surface area contributed by atoms with Crippen molar-refractivity contribution >= 4 is 16.7 Å². The minimum Gasteiger partial charge on any atom is -0.487 e. The van der Waals surface area contributed by atoms with Gasteiger partial charge in [0.25, 0.3) is 0 Å². The lowest BCUT2D eigenvalue weighted by molar-refractivity contribution is 0.309. The van der Waals surface area contributed by atoms with Crippen LogP contribution in [-0.4, -0.2) is 14.8 Å². The molecule has 5 rings (SSSR count). The number of para-hydroxylation sites is 2. The third-order valence-corrected chi connectivity index (χ3v) is 4.90. The largest absolute Gasteiger partial charge is 0.487 e. The summed E-state index contributed by atoms with van der Waals surface area (Å²) in [6.45, 7) is 0.435. The lowest BCUT2D eigenvalue weighted by atomic mass is 10.1. The van der Waals surface area contributed by atoms with E-state index in [-0.39, 0.29) is 0 Å². The van der Waals surface area contributed by atoms with Crippen LogP contribution in [0, 0.1) is 0 Å². The van der Waals surface area contributed by atoms with Crippen molar-refractivity contribution in [2.24, 2.45) is 0 Å². The number of fused-ring (bicyclic) bond motifs is 1. The summed E-state index contributed by atoms with van der Waals surface area (Å²) in [6, 6.07) is 20.2. The number of aromatic nitrogens is 3. The number of anilines is 1. The summed E-state index contributed by atoms with van der Waals surface area (Å²) in [5, 5.41) is 6.13. The molecule has 0 atom stereocenters. The van der Waals surface area contributed by atoms with E-state index in [9.17, 15) is 0 Å². The summed E-state index contributed by atoms with van der Waals surface area (Å²) in [5.74, 6) is 1.89. The van der Waals surface area contributed by atoms with E-state index in [2.05, 4.69) is 23.2 Å². The van der Waals surface area contributed by atoms with Crippen molar-refractivity contribution < 1.29 is 4.74 Å². The Morgan fingerprint density at radius 1 is 1.04 bits per heavy atom. The lowest BCUT2D eigenvalue weighted by Gasteiger charge is -2.10. The molecule has 4 aromatic rings. The molecule has 5 nitrogen and oxygen atoms in total. The summed E-state index contributed by atoms with van der Waals surface area (Å²) in [7, 11) is 0. The molecule has 0 spiro atoms. The number of hydrogen-bond donors (Lipinski definition) is 1. The maximum atomic E-state index is 6.19. The molecule has 0 radical (unpaired) electrons. The maximum absolute atomic E-state index is 6.19. The van der Waals surface area contributed by atoms with Crippen LogP contribution in [0.4, 0.5) is 5.82 Å². The zero-order chi connectivity index (χ0) is 18.2. The summed E-state index contributed by atoms with van der Waals surface area (Å²) >= 11 is 0. The molecule has 2 aromatic heterocycles. The molecular weight excluding hydrogens is 336 g/mol. The van der Waals surface area contributed by atoms with Crippen LogP contribution in [0.5, 0.6) is 5.75 Å². The Balaban J connectivity index is 1.60. The van der Waals surface area contributed by atoms with Crippen molar-refractivity contribution in [3.05, 3.63) is 78.1 Å². The quantitative estimate of drug-likeness (QED) is 0.573. The van der Waals surface area contributed by atoms with Crippen molar-refractivity contribution in [1.29, 1.82) is 0 Å². The molecule has 0 aliphatic heterocycles. The van der Waals surface area contributed by atoms with E-state index in [0.717, 1.165) is 22.5 Å². The monoisotopic (exact) mass is 356 g/mol. The van der Waals surface area contributed by atoms with Gasteiger partial charge in [-0.15, -0.1) is 0 Å². The van der Waals surface area contributed by atoms with Crippen LogP contribution in [0.2, 0.25) is 0 Å². The number of hydrogen-bond acceptors (Lipinski definition) is 4. The molecule has 1 aliphatic carbocycles. The molecule has 5 heteroatoms. The summed E-state index contributed by atoms with van der Waals surface area (Å²) in [4.78, 5) is 4.04. The van der Waals surface area contributed by atoms with Gasteiger partial charge >= 0.3 is 0 Å². The van der Waals surface area contributed by atoms with Crippen LogP contribution in [-0.2, 0) is 6.61 Å². The number of ether oxygens (including phenoxy) is 1. The second kappa shape index (κ2) is 6.43. The number of rotatable bonds is 5. The van der Waals surface area contributed by atoms with Crippen molar-refractivity contribution in [2.75, 3.05) is 5.73 Å². The average Bonchev–Trinajstić information content (AvgIpc) is 3.47. The summed E-state index contributed by atoms with van der Waals surface area (Å²) in [5.41, 5.74) is 10.0. The smallest absolute Gasteiger partial charge is 0.146 e. The number of nitrogens with zero attached hydrogens (tertiary/aromatic N) is 3. The van der Waals surface area contributed by atoms with Crippen molar-refractivity contribution in [3.8, 4) is 11.4 Å². The standard InChI is InChI=1S/C22H20N4O/c23-20-13-15(11-12-24-20)14-27-19-8-4-7-18-21(16-9-10-16)25-26(22(18)19)17-5-2-1-3-6-17/h1-8,11-13,16H,9-10,14H2,(H2,23,24). The first kappa shape index (κ1) is 15.9. The SMILES string of the molecule is Nc1cc(COc2cccc3c(C4CC4)nn(-c4ccccc4)c23)ccn1. The molecule has 1 saturated carbocycles. The molecule has 0 unspecified atom stereocenters. The molecule has 27 heavy (non-hydrogen) atoms. The zero-order valence-electron chi connectivity index (χ0n) is 14.9. The predicted molar refractivity (Wildman–Crippen MR) is 106 cm³/mol. The van der Waals surface area contributed by atoms with Crippen molar-refractivity contribution in [3.63, 3.8) is 0 Å². The van der Waals surface area contributed by atoms with E-state index in [1.54, 1.807) is 6.20 Å². The minimum atomic E-state index is 0.435. The first-order valence-electron chi connectivity index (χ1n) is 9.20. The highest BCUT2D eigenvalue weighted by atomic mass is 16.5. The normalized spacial score (nSPS) is 13.8. The van der Waals surface area contributed by atoms with Crippen molar-refractivity contribution in [2.45, 2.75) is 25.4 Å². The van der Waals surface area contributed by atoms with Gasteiger partial charge in [0.05, 0.1) is 11.4 Å². The highest BCUT2D eigenvalue weighted by Crippen LogP contribution is 2.44. The molecule has 1 aliphatic rings. The fourth-order valence-corrected chi connectivity index (χ4v) is 3.44. The van der Waals surface area contributed by atoms with Gasteiger partial charge in [0.1, 0.15) is 23.7 Å². The molecular formula is C22H20N4O. The minimum absolute atomic E-state index is 0.435. The van der Waals surface area contributed by atoms with Crippen LogP contribution in [0.3, 0.4) is 0 Å². The van der Waals surface area contributed by atoms with E-state index in [4.69, 9.17) is 15.6 Å². The molecule has 2 heterocycles. The van der Waals surface area contributed by atoms with E-state index >= 15 is 0 Å². The van der Waals surface area contributed by atoms with Gasteiger partial charge in [-0.2, -0.15) is 5.10 Å². The first-order valence-corrected chi connectivity index (χ1v) is 9.20. The molecule has 134 valence electrons. The molecule has 0 saturated heterocycles. The van der Waals surface area contributed by atoms with Crippen LogP contribution < -0.4 is 10.5 Å². The number of nitrogen functional groups attached to an aromatic ring is 1. The summed E-state index contributed by atoms with van der Waals surface area (Å²) in [6.07, 6.45) is 4.12. The third-order valence-electron chi connectivity index (χ3n) is 4.90. The van der Waals surface area contributed by atoms with E-state index in [0.29, 0.717) is 18.3 Å². The van der Waals surface area contributed by atoms with Gasteiger partial charge in [-0.05, 0) is 48.7 Å². The van der Waals surface area contributed by atoms with E-state index in [1.807, 2.05) is 47.1 Å². The molecule has 2 N–H and O–H groups in total. The molecule has 2 aromatic carbocycles. The van der Waals surface area contributed by atoms with Gasteiger partial charge in [-0.3, -0.25) is 0 Å². The predicted octanol–water partition coefficient (Wildman–Crippen LogP) is 4.46. The second-order valence-corrected chi connectivity index (χ2v) is 6.94. The van der Waals surface area contributed by atoms with Gasteiger partial charge in [-0.1, -0.05) is 30.3 Å². The first-order chi connectivity index (χ1) is 13.3. The fraction of sp³-hybridized carbons (Fsp3) is 0.182. The summed E-state index contributed by atoms with van der Waals surface area (Å²) < 4.78 is 8.20. The lowest BCUT2D eigenvalue weighted by Crippen LogP contribution is -2.01. The Kier molecular flexibility index (Phi) is 3.78. The van der Waals surface area contributed by atoms with Gasteiger partial charge in [-0.25, -0.2) is 9.67 Å². The Labute approximate surface area is 157 Å². The van der Waals surface area contributed by atoms with Crippen LogP contribution in [0.15, 0.2) is 66.9 Å².